The Labute approximate surface area is 97.2 Å². The molecule has 0 aromatic heterocycles. The fourth-order valence-electron chi connectivity index (χ4n) is 3.00. The van der Waals surface area contributed by atoms with Crippen LogP contribution >= 0.6 is 0 Å². The molecule has 3 atom stereocenters. The second kappa shape index (κ2) is 4.72. The quantitative estimate of drug-likeness (QED) is 0.775. The van der Waals surface area contributed by atoms with E-state index in [-0.39, 0.29) is 5.92 Å². The second-order valence-electron chi connectivity index (χ2n) is 5.06. The number of hydrogen-bond acceptors (Lipinski definition) is 3. The first-order valence-corrected chi connectivity index (χ1v) is 6.34. The molecule has 3 unspecified atom stereocenters. The van der Waals surface area contributed by atoms with Crippen LogP contribution in [0.1, 0.15) is 26.7 Å². The highest BCUT2D eigenvalue weighted by atomic mass is 16.4. The van der Waals surface area contributed by atoms with Crippen LogP contribution < -0.4 is 0 Å². The summed E-state index contributed by atoms with van der Waals surface area (Å²) in [6, 6.07) is 0.868. The number of carbonyl (C=O) groups is 1. The lowest BCUT2D eigenvalue weighted by molar-refractivity contribution is -0.150. The molecule has 0 spiro atoms. The summed E-state index contributed by atoms with van der Waals surface area (Å²) in [5.41, 5.74) is 0. The summed E-state index contributed by atoms with van der Waals surface area (Å²) in [4.78, 5) is 15.9. The number of nitrogens with zero attached hydrogens (tertiary/aromatic N) is 2. The highest BCUT2D eigenvalue weighted by Crippen LogP contribution is 2.33. The van der Waals surface area contributed by atoms with Gasteiger partial charge in [0.2, 0.25) is 0 Å². The number of carboxylic acid groups (broad SMARTS) is 1. The predicted molar refractivity (Wildman–Crippen MR) is 62.4 cm³/mol. The number of hydrogen-bond donors (Lipinski definition) is 1. The van der Waals surface area contributed by atoms with Gasteiger partial charge in [0.25, 0.3) is 0 Å². The summed E-state index contributed by atoms with van der Waals surface area (Å²) in [5, 5.41) is 9.06. The molecule has 1 aliphatic heterocycles. The maximum absolute atomic E-state index is 11.0. The summed E-state index contributed by atoms with van der Waals surface area (Å²) in [6.45, 7) is 8.68. The number of piperazine rings is 1. The van der Waals surface area contributed by atoms with Crippen molar-refractivity contribution in [3.63, 3.8) is 0 Å². The molecule has 2 rings (SSSR count). The molecule has 1 aliphatic carbocycles. The molecule has 4 heteroatoms. The van der Waals surface area contributed by atoms with E-state index in [2.05, 4.69) is 23.6 Å². The minimum absolute atomic E-state index is 0.111. The number of rotatable bonds is 3. The number of likely N-dealkylation sites (N-methyl/N-ethyl adjacent to an activating group) is 1. The van der Waals surface area contributed by atoms with E-state index in [1.54, 1.807) is 0 Å². The molecule has 2 fully saturated rings. The Hall–Kier alpha value is -0.610. The minimum atomic E-state index is -0.609. The van der Waals surface area contributed by atoms with E-state index < -0.39 is 5.97 Å². The van der Waals surface area contributed by atoms with Gasteiger partial charge >= 0.3 is 5.97 Å². The van der Waals surface area contributed by atoms with Crippen molar-refractivity contribution in [3.8, 4) is 0 Å². The summed E-state index contributed by atoms with van der Waals surface area (Å²) >= 11 is 0. The van der Waals surface area contributed by atoms with E-state index in [0.29, 0.717) is 12.1 Å². The fourth-order valence-corrected chi connectivity index (χ4v) is 3.00. The summed E-state index contributed by atoms with van der Waals surface area (Å²) in [5.74, 6) is -0.720. The highest BCUT2D eigenvalue weighted by molar-refractivity contribution is 5.72. The first-order valence-electron chi connectivity index (χ1n) is 6.34. The Balaban J connectivity index is 1.90. The average Bonchev–Trinajstić information content (AvgIpc) is 2.15. The van der Waals surface area contributed by atoms with Gasteiger partial charge in [0.15, 0.2) is 0 Å². The van der Waals surface area contributed by atoms with Gasteiger partial charge in [-0.3, -0.25) is 14.6 Å². The molecule has 0 amide bonds. The lowest BCUT2D eigenvalue weighted by atomic mass is 9.78. The van der Waals surface area contributed by atoms with Gasteiger partial charge in [-0.15, -0.1) is 0 Å². The van der Waals surface area contributed by atoms with E-state index >= 15 is 0 Å². The third-order valence-electron chi connectivity index (χ3n) is 4.23. The molecule has 16 heavy (non-hydrogen) atoms. The maximum atomic E-state index is 11.0. The zero-order valence-corrected chi connectivity index (χ0v) is 10.2. The van der Waals surface area contributed by atoms with Crippen molar-refractivity contribution in [2.24, 2.45) is 5.92 Å². The summed E-state index contributed by atoms with van der Waals surface area (Å²) in [6.07, 6.45) is 1.93. The van der Waals surface area contributed by atoms with E-state index in [1.807, 2.05) is 0 Å². The summed E-state index contributed by atoms with van der Waals surface area (Å²) in [7, 11) is 0. The van der Waals surface area contributed by atoms with Crippen LogP contribution in [0.2, 0.25) is 0 Å². The van der Waals surface area contributed by atoms with Gasteiger partial charge < -0.3 is 5.11 Å². The Bertz CT molecular complexity index is 270. The number of aliphatic carboxylic acids is 1. The van der Waals surface area contributed by atoms with Crippen molar-refractivity contribution >= 4 is 5.97 Å². The predicted octanol–water partition coefficient (Wildman–Crippen LogP) is 0.876. The van der Waals surface area contributed by atoms with Crippen LogP contribution in [0, 0.1) is 5.92 Å². The molecular weight excluding hydrogens is 204 g/mol. The van der Waals surface area contributed by atoms with Crippen LogP contribution in [0.4, 0.5) is 0 Å². The lowest BCUT2D eigenvalue weighted by Gasteiger charge is -2.48. The molecule has 2 aliphatic rings. The Morgan fingerprint density at radius 3 is 2.56 bits per heavy atom. The molecule has 0 aromatic carbocycles. The van der Waals surface area contributed by atoms with Gasteiger partial charge in [0.05, 0.1) is 5.92 Å². The third-order valence-corrected chi connectivity index (χ3v) is 4.23. The Kier molecular flexibility index (Phi) is 3.50. The molecule has 92 valence electrons. The van der Waals surface area contributed by atoms with Crippen molar-refractivity contribution in [1.29, 1.82) is 0 Å². The zero-order chi connectivity index (χ0) is 11.7. The molecule has 1 N–H and O–H groups in total. The largest absolute Gasteiger partial charge is 0.481 e. The first-order chi connectivity index (χ1) is 7.63. The zero-order valence-electron chi connectivity index (χ0n) is 10.2. The van der Waals surface area contributed by atoms with E-state index in [0.717, 1.165) is 39.0 Å². The van der Waals surface area contributed by atoms with Crippen molar-refractivity contribution in [3.05, 3.63) is 0 Å². The first kappa shape index (κ1) is 11.9. The minimum Gasteiger partial charge on any atom is -0.481 e. The van der Waals surface area contributed by atoms with Gasteiger partial charge in [-0.1, -0.05) is 6.92 Å². The summed E-state index contributed by atoms with van der Waals surface area (Å²) < 4.78 is 0. The van der Waals surface area contributed by atoms with Gasteiger partial charge in [0.1, 0.15) is 0 Å². The van der Waals surface area contributed by atoms with Gasteiger partial charge in [-0.25, -0.2) is 0 Å². The van der Waals surface area contributed by atoms with Crippen LogP contribution in [0.25, 0.3) is 0 Å². The van der Waals surface area contributed by atoms with Gasteiger partial charge in [-0.05, 0) is 26.3 Å². The average molecular weight is 226 g/mol. The standard InChI is InChI=1S/C12H22N2O2/c1-3-13-6-7-14(8-9(13)2)11-5-4-10(11)12(15)16/h9-11H,3-8H2,1-2H3,(H,15,16). The Morgan fingerprint density at radius 2 is 2.12 bits per heavy atom. The normalized spacial score (nSPS) is 37.0. The third kappa shape index (κ3) is 2.09. The molecule has 1 saturated carbocycles. The molecular formula is C12H22N2O2. The SMILES string of the molecule is CCN1CCN(C2CCC2C(=O)O)CC1C. The van der Waals surface area contributed by atoms with Crippen molar-refractivity contribution in [2.45, 2.75) is 38.8 Å². The van der Waals surface area contributed by atoms with Crippen LogP contribution in [0.5, 0.6) is 0 Å². The van der Waals surface area contributed by atoms with Crippen LogP contribution in [-0.2, 0) is 4.79 Å². The smallest absolute Gasteiger partial charge is 0.308 e. The van der Waals surface area contributed by atoms with Crippen LogP contribution in [0.3, 0.4) is 0 Å². The van der Waals surface area contributed by atoms with E-state index in [1.165, 1.54) is 0 Å². The molecule has 4 nitrogen and oxygen atoms in total. The van der Waals surface area contributed by atoms with Crippen molar-refractivity contribution < 1.29 is 9.90 Å². The maximum Gasteiger partial charge on any atom is 0.308 e. The van der Waals surface area contributed by atoms with Gasteiger partial charge in [0, 0.05) is 31.7 Å². The monoisotopic (exact) mass is 226 g/mol. The van der Waals surface area contributed by atoms with Crippen LogP contribution in [0.15, 0.2) is 0 Å². The molecule has 1 heterocycles. The molecule has 0 radical (unpaired) electrons. The van der Waals surface area contributed by atoms with Crippen molar-refractivity contribution in [1.82, 2.24) is 9.80 Å². The van der Waals surface area contributed by atoms with E-state index in [4.69, 9.17) is 5.11 Å². The molecule has 0 aromatic rings. The highest BCUT2D eigenvalue weighted by Gasteiger charge is 2.41. The molecule has 1 saturated heterocycles. The van der Waals surface area contributed by atoms with Gasteiger partial charge in [-0.2, -0.15) is 0 Å². The van der Waals surface area contributed by atoms with Crippen LogP contribution in [-0.4, -0.2) is 59.1 Å². The lowest BCUT2D eigenvalue weighted by Crippen LogP contribution is -2.59. The second-order valence-corrected chi connectivity index (χ2v) is 5.06. The fraction of sp³-hybridized carbons (Fsp3) is 0.917. The van der Waals surface area contributed by atoms with E-state index in [9.17, 15) is 4.79 Å². The Morgan fingerprint density at radius 1 is 1.38 bits per heavy atom. The van der Waals surface area contributed by atoms with Crippen molar-refractivity contribution in [2.75, 3.05) is 26.2 Å². The number of carboxylic acids is 1. The topological polar surface area (TPSA) is 43.8 Å². The molecule has 0 bridgehead atoms.